The van der Waals surface area contributed by atoms with Crippen LogP contribution in [0.5, 0.6) is 0 Å². The Morgan fingerprint density at radius 3 is 1.30 bits per heavy atom. The monoisotopic (exact) mass is 442 g/mol. The molecule has 0 heterocycles. The molecule has 0 radical (unpaired) electrons. The van der Waals surface area contributed by atoms with Crippen LogP contribution in [0.2, 0.25) is 0 Å². The van der Waals surface area contributed by atoms with E-state index in [-0.39, 0.29) is 9.79 Å². The van der Waals surface area contributed by atoms with Crippen molar-refractivity contribution in [3.63, 3.8) is 0 Å². The molecule has 0 amide bonds. The highest BCUT2D eigenvalue weighted by molar-refractivity contribution is 7.89. The number of hydrogen-bond acceptors (Lipinski definition) is 6. The van der Waals surface area contributed by atoms with Crippen LogP contribution < -0.4 is 10.3 Å². The van der Waals surface area contributed by atoms with Crippen LogP contribution in [0, 0.1) is 0 Å². The van der Waals surface area contributed by atoms with Crippen molar-refractivity contribution in [3.8, 4) is 0 Å². The molecule has 3 rings (SSSR count). The average Bonchev–Trinajstić information content (AvgIpc) is 2.71. The Kier molecular flexibility index (Phi) is 6.22. The summed E-state index contributed by atoms with van der Waals surface area (Å²) in [6.45, 7) is 0. The van der Waals surface area contributed by atoms with Gasteiger partial charge in [0.25, 0.3) is 0 Å². The second kappa shape index (κ2) is 8.67. The normalized spacial score (nSPS) is 12.6. The number of sulfonamides is 2. The van der Waals surface area contributed by atoms with Gasteiger partial charge < -0.3 is 0 Å². The zero-order chi connectivity index (χ0) is 21.8. The molecule has 0 aliphatic carbocycles. The van der Waals surface area contributed by atoms with E-state index in [1.165, 1.54) is 24.3 Å². The van der Waals surface area contributed by atoms with Gasteiger partial charge in [0.15, 0.2) is 0 Å². The van der Waals surface area contributed by atoms with E-state index in [9.17, 15) is 16.8 Å². The van der Waals surface area contributed by atoms with Crippen molar-refractivity contribution in [1.29, 1.82) is 0 Å². The first-order valence-electron chi connectivity index (χ1n) is 8.55. The highest BCUT2D eigenvalue weighted by atomic mass is 32.2. The van der Waals surface area contributed by atoms with Crippen molar-refractivity contribution in [2.75, 3.05) is 0 Å². The van der Waals surface area contributed by atoms with Crippen LogP contribution in [0.4, 0.5) is 11.4 Å². The molecular weight excluding hydrogens is 424 g/mol. The molecule has 0 aliphatic heterocycles. The first-order valence-corrected chi connectivity index (χ1v) is 11.6. The van der Waals surface area contributed by atoms with E-state index in [2.05, 4.69) is 9.98 Å². The first-order chi connectivity index (χ1) is 14.1. The summed E-state index contributed by atoms with van der Waals surface area (Å²) < 4.78 is 45.6. The zero-order valence-electron chi connectivity index (χ0n) is 15.6. The van der Waals surface area contributed by atoms with Crippen molar-refractivity contribution in [1.82, 2.24) is 0 Å². The molecule has 0 saturated heterocycles. The van der Waals surface area contributed by atoms with Gasteiger partial charge in [0.2, 0.25) is 20.0 Å². The number of benzene rings is 3. The molecule has 8 nitrogen and oxygen atoms in total. The minimum Gasteiger partial charge on any atom is -0.256 e. The second-order valence-corrected chi connectivity index (χ2v) is 9.39. The molecule has 0 bridgehead atoms. The van der Waals surface area contributed by atoms with Gasteiger partial charge in [-0.2, -0.15) is 0 Å². The smallest absolute Gasteiger partial charge is 0.238 e. The standard InChI is InChI=1S/C20H18N4O4S2/c21-29(25,26)19-5-1-3-17(11-19)23-13-15-7-9-16(10-8-15)14-24-18-4-2-6-20(12-18)30(22,27)28/h1-14H,(H2,21,25,26)(H2,22,27,28). The van der Waals surface area contributed by atoms with Crippen LogP contribution in [0.1, 0.15) is 11.1 Å². The average molecular weight is 443 g/mol. The van der Waals surface area contributed by atoms with E-state index in [4.69, 9.17) is 10.3 Å². The van der Waals surface area contributed by atoms with Crippen LogP contribution in [-0.4, -0.2) is 29.3 Å². The van der Waals surface area contributed by atoms with Crippen LogP contribution in [0.3, 0.4) is 0 Å². The lowest BCUT2D eigenvalue weighted by Crippen LogP contribution is -2.11. The summed E-state index contributed by atoms with van der Waals surface area (Å²) in [6.07, 6.45) is 3.19. The first kappa shape index (κ1) is 21.5. The van der Waals surface area contributed by atoms with Gasteiger partial charge in [0.1, 0.15) is 0 Å². The molecule has 0 unspecified atom stereocenters. The molecule has 0 aromatic heterocycles. The molecular formula is C20H18N4O4S2. The molecule has 154 valence electrons. The number of hydrogen-bond donors (Lipinski definition) is 2. The molecule has 0 aliphatic rings. The highest BCUT2D eigenvalue weighted by Crippen LogP contribution is 2.18. The van der Waals surface area contributed by atoms with E-state index in [1.54, 1.807) is 36.7 Å². The lowest BCUT2D eigenvalue weighted by Gasteiger charge is -2.00. The van der Waals surface area contributed by atoms with Crippen LogP contribution in [-0.2, 0) is 20.0 Å². The molecule has 3 aromatic carbocycles. The van der Waals surface area contributed by atoms with E-state index >= 15 is 0 Å². The summed E-state index contributed by atoms with van der Waals surface area (Å²) in [7, 11) is -7.57. The molecule has 0 fully saturated rings. The van der Waals surface area contributed by atoms with Crippen molar-refractivity contribution < 1.29 is 16.8 Å². The quantitative estimate of drug-likeness (QED) is 0.565. The van der Waals surface area contributed by atoms with Gasteiger partial charge in [-0.15, -0.1) is 0 Å². The minimum absolute atomic E-state index is 0.00443. The van der Waals surface area contributed by atoms with Crippen molar-refractivity contribution >= 4 is 43.9 Å². The number of aliphatic imine (C=N–C) groups is 2. The van der Waals surface area contributed by atoms with Gasteiger partial charge in [-0.1, -0.05) is 36.4 Å². The SMILES string of the molecule is NS(=O)(=O)c1cccc(N=Cc2ccc(C=Nc3cccc(S(N)(=O)=O)c3)cc2)c1. The van der Waals surface area contributed by atoms with Gasteiger partial charge in [0.05, 0.1) is 21.2 Å². The predicted octanol–water partition coefficient (Wildman–Crippen LogP) is 2.48. The molecule has 10 heteroatoms. The molecule has 4 N–H and O–H groups in total. The Morgan fingerprint density at radius 2 is 0.967 bits per heavy atom. The van der Waals surface area contributed by atoms with Crippen LogP contribution in [0.15, 0.2) is 92.6 Å². The van der Waals surface area contributed by atoms with Gasteiger partial charge in [-0.3, -0.25) is 9.98 Å². The Bertz CT molecular complexity index is 1230. The maximum atomic E-state index is 11.4. The Morgan fingerprint density at radius 1 is 0.600 bits per heavy atom. The van der Waals surface area contributed by atoms with Crippen molar-refractivity contribution in [3.05, 3.63) is 83.9 Å². The molecule has 3 aromatic rings. The maximum absolute atomic E-state index is 11.4. The van der Waals surface area contributed by atoms with Crippen LogP contribution >= 0.6 is 0 Å². The molecule has 30 heavy (non-hydrogen) atoms. The maximum Gasteiger partial charge on any atom is 0.238 e. The number of rotatable bonds is 6. The lowest BCUT2D eigenvalue weighted by atomic mass is 10.1. The van der Waals surface area contributed by atoms with Crippen molar-refractivity contribution in [2.24, 2.45) is 20.3 Å². The number of nitrogens with two attached hydrogens (primary N) is 2. The Hall–Kier alpha value is -3.18. The van der Waals surface area contributed by atoms with Crippen LogP contribution in [0.25, 0.3) is 0 Å². The van der Waals surface area contributed by atoms with Gasteiger partial charge in [0, 0.05) is 12.4 Å². The van der Waals surface area contributed by atoms with Gasteiger partial charge in [-0.25, -0.2) is 27.1 Å². The summed E-state index contributed by atoms with van der Waals surface area (Å²) in [4.78, 5) is 8.51. The minimum atomic E-state index is -3.78. The van der Waals surface area contributed by atoms with Gasteiger partial charge >= 0.3 is 0 Å². The van der Waals surface area contributed by atoms with E-state index in [0.717, 1.165) is 11.1 Å². The fraction of sp³-hybridized carbons (Fsp3) is 0. The van der Waals surface area contributed by atoms with Gasteiger partial charge in [-0.05, 0) is 47.5 Å². The summed E-state index contributed by atoms with van der Waals surface area (Å²) in [5, 5.41) is 10.2. The fourth-order valence-corrected chi connectivity index (χ4v) is 3.55. The fourth-order valence-electron chi connectivity index (χ4n) is 2.45. The van der Waals surface area contributed by atoms with E-state index in [0.29, 0.717) is 11.4 Å². The van der Waals surface area contributed by atoms with Crippen molar-refractivity contribution in [2.45, 2.75) is 9.79 Å². The highest BCUT2D eigenvalue weighted by Gasteiger charge is 2.08. The summed E-state index contributed by atoms with van der Waals surface area (Å²) in [6, 6.07) is 19.3. The lowest BCUT2D eigenvalue weighted by molar-refractivity contribution is 0.596. The predicted molar refractivity (Wildman–Crippen MR) is 117 cm³/mol. The molecule has 0 atom stereocenters. The largest absolute Gasteiger partial charge is 0.256 e. The second-order valence-electron chi connectivity index (χ2n) is 6.27. The summed E-state index contributed by atoms with van der Waals surface area (Å²) in [5.74, 6) is 0. The summed E-state index contributed by atoms with van der Waals surface area (Å²) in [5.41, 5.74) is 2.51. The third-order valence-corrected chi connectivity index (χ3v) is 5.78. The molecule has 0 saturated carbocycles. The Labute approximate surface area is 174 Å². The Balaban J connectivity index is 1.73. The summed E-state index contributed by atoms with van der Waals surface area (Å²) >= 11 is 0. The van der Waals surface area contributed by atoms with E-state index < -0.39 is 20.0 Å². The number of nitrogens with zero attached hydrogens (tertiary/aromatic N) is 2. The number of primary sulfonamides is 2. The van der Waals surface area contributed by atoms with E-state index in [1.807, 2.05) is 24.3 Å². The third kappa shape index (κ3) is 5.91. The molecule has 0 spiro atoms. The topological polar surface area (TPSA) is 145 Å². The third-order valence-electron chi connectivity index (χ3n) is 3.95. The zero-order valence-corrected chi connectivity index (χ0v) is 17.2.